The number of rotatable bonds is 5. The minimum atomic E-state index is -5.12. The van der Waals surface area contributed by atoms with Crippen molar-refractivity contribution in [2.75, 3.05) is 27.7 Å². The first-order valence-electron chi connectivity index (χ1n) is 5.09. The second kappa shape index (κ2) is 7.18. The number of carboxylic acids is 1. The molecule has 0 rings (SSSR count). The van der Waals surface area contributed by atoms with E-state index < -0.39 is 38.3 Å². The Labute approximate surface area is 114 Å². The van der Waals surface area contributed by atoms with Crippen molar-refractivity contribution in [1.82, 2.24) is 0 Å². The molecule has 114 valence electrons. The van der Waals surface area contributed by atoms with E-state index in [0.29, 0.717) is 4.48 Å². The Bertz CT molecular complexity index is 363. The summed E-state index contributed by atoms with van der Waals surface area (Å²) in [6.45, 7) is 1.23. The molecule has 19 heavy (non-hydrogen) atoms. The van der Waals surface area contributed by atoms with Crippen molar-refractivity contribution in [3.8, 4) is 0 Å². The third-order valence-electron chi connectivity index (χ3n) is 1.83. The first kappa shape index (κ1) is 20.6. The van der Waals surface area contributed by atoms with Crippen molar-refractivity contribution in [2.24, 2.45) is 0 Å². The standard InChI is InChI=1S/C9H17NO4.AsH3O4/c1-7(11)9(14,5-8(12)13)6-10(2,3)4;2-1(3,4)5/h14H,5-6H2,1-4H3;(H3,2,3,4,5)/t9-;/m1./s1. The van der Waals surface area contributed by atoms with Crippen molar-refractivity contribution in [2.45, 2.75) is 18.9 Å². The fraction of sp³-hybridized carbons (Fsp3) is 0.778. The van der Waals surface area contributed by atoms with Crippen LogP contribution in [-0.2, 0) is 13.3 Å². The Morgan fingerprint density at radius 3 is 1.68 bits per heavy atom. The van der Waals surface area contributed by atoms with Crippen LogP contribution in [0.5, 0.6) is 0 Å². The van der Waals surface area contributed by atoms with Crippen molar-refractivity contribution in [1.29, 1.82) is 0 Å². The molecule has 1 atom stereocenters. The number of hydrogen-bond acceptors (Lipinski definition) is 5. The molecule has 0 radical (unpaired) electrons. The van der Waals surface area contributed by atoms with E-state index in [4.69, 9.17) is 16.0 Å². The molecule has 0 saturated carbocycles. The molecule has 0 aromatic rings. The summed E-state index contributed by atoms with van der Waals surface area (Å²) in [4.78, 5) is 21.5. The van der Waals surface area contributed by atoms with E-state index in [2.05, 4.69) is 0 Å². The number of quaternary nitrogens is 1. The third-order valence-corrected chi connectivity index (χ3v) is 1.83. The molecule has 0 aliphatic carbocycles. The van der Waals surface area contributed by atoms with Crippen molar-refractivity contribution < 1.29 is 40.3 Å². The van der Waals surface area contributed by atoms with Crippen LogP contribution in [0.25, 0.3) is 0 Å². The quantitative estimate of drug-likeness (QED) is 0.290. The summed E-state index contributed by atoms with van der Waals surface area (Å²) in [5, 5.41) is 20.2. The van der Waals surface area contributed by atoms with Gasteiger partial charge in [-0.1, -0.05) is 0 Å². The SMILES string of the molecule is CC(=O)[C@@](O)(CC(=O)[O-])C[N+](C)(C)C.O=[As](O)(O)O. The Morgan fingerprint density at radius 1 is 1.21 bits per heavy atom. The van der Waals surface area contributed by atoms with Gasteiger partial charge in [0.1, 0.15) is 6.54 Å². The zero-order valence-corrected chi connectivity index (χ0v) is 13.1. The maximum absolute atomic E-state index is 11.1. The Morgan fingerprint density at radius 2 is 1.53 bits per heavy atom. The number of aliphatic hydroxyl groups is 1. The molecule has 9 nitrogen and oxygen atoms in total. The van der Waals surface area contributed by atoms with Crippen LogP contribution in [0.2, 0.25) is 0 Å². The van der Waals surface area contributed by atoms with Gasteiger partial charge in [0.15, 0.2) is 11.4 Å². The van der Waals surface area contributed by atoms with Crippen LogP contribution in [0.4, 0.5) is 0 Å². The van der Waals surface area contributed by atoms with Gasteiger partial charge in [-0.3, -0.25) is 4.79 Å². The number of carbonyl (C=O) groups excluding carboxylic acids is 2. The molecule has 0 fully saturated rings. The third kappa shape index (κ3) is 15.2. The predicted octanol–water partition coefficient (Wildman–Crippen LogP) is -4.02. The van der Waals surface area contributed by atoms with Gasteiger partial charge in [-0.2, -0.15) is 0 Å². The molecule has 0 amide bonds. The Kier molecular flexibility index (Phi) is 7.79. The van der Waals surface area contributed by atoms with Gasteiger partial charge in [0, 0.05) is 12.4 Å². The molecule has 0 spiro atoms. The number of likely N-dealkylation sites (N-methyl/N-ethyl adjacent to an activating group) is 1. The van der Waals surface area contributed by atoms with Crippen LogP contribution in [0.1, 0.15) is 13.3 Å². The number of nitrogens with zero attached hydrogens (tertiary/aromatic N) is 1. The second-order valence-corrected chi connectivity index (χ2v) is 7.25. The predicted molar refractivity (Wildman–Crippen MR) is 61.3 cm³/mol. The fourth-order valence-corrected chi connectivity index (χ4v) is 1.32. The number of hydrogen-bond donors (Lipinski definition) is 4. The second-order valence-electron chi connectivity index (χ2n) is 5.10. The molecule has 0 aliphatic heterocycles. The van der Waals surface area contributed by atoms with E-state index in [1.54, 1.807) is 21.1 Å². The molecular weight excluding hydrogens is 325 g/mol. The van der Waals surface area contributed by atoms with Crippen molar-refractivity contribution >= 4 is 26.3 Å². The molecule has 0 unspecified atom stereocenters. The van der Waals surface area contributed by atoms with Gasteiger partial charge < -0.3 is 19.5 Å². The van der Waals surface area contributed by atoms with Crippen LogP contribution in [0.3, 0.4) is 0 Å². The normalized spacial score (nSPS) is 14.9. The maximum atomic E-state index is 11.1. The van der Waals surface area contributed by atoms with Gasteiger partial charge >= 0.3 is 30.5 Å². The summed E-state index contributed by atoms with van der Waals surface area (Å²) in [7, 11) is 5.30. The molecule has 0 heterocycles. The van der Waals surface area contributed by atoms with E-state index in [9.17, 15) is 19.8 Å². The summed E-state index contributed by atoms with van der Waals surface area (Å²) in [5.41, 5.74) is -1.82. The molecule has 4 N–H and O–H groups in total. The van der Waals surface area contributed by atoms with Gasteiger partial charge in [-0.25, -0.2) is 0 Å². The van der Waals surface area contributed by atoms with Gasteiger partial charge in [-0.15, -0.1) is 0 Å². The topological polar surface area (TPSA) is 155 Å². The van der Waals surface area contributed by atoms with Gasteiger partial charge in [0.2, 0.25) is 0 Å². The van der Waals surface area contributed by atoms with Crippen molar-refractivity contribution in [3.05, 3.63) is 0 Å². The van der Waals surface area contributed by atoms with Crippen LogP contribution in [-0.4, -0.2) is 81.4 Å². The van der Waals surface area contributed by atoms with E-state index >= 15 is 0 Å². The van der Waals surface area contributed by atoms with Crippen LogP contribution in [0, 0.1) is 0 Å². The van der Waals surface area contributed by atoms with E-state index in [0.717, 1.165) is 0 Å². The zero-order chi connectivity index (χ0) is 16.1. The molecule has 0 aromatic heterocycles. The molecule has 10 heteroatoms. The van der Waals surface area contributed by atoms with Gasteiger partial charge in [0.05, 0.1) is 21.1 Å². The number of carboxylic acid groups (broad SMARTS) is 1. The van der Waals surface area contributed by atoms with Crippen LogP contribution < -0.4 is 5.11 Å². The van der Waals surface area contributed by atoms with Gasteiger partial charge in [-0.05, 0) is 6.92 Å². The summed E-state index contributed by atoms with van der Waals surface area (Å²) in [6.07, 6.45) is -0.655. The Hall–Kier alpha value is -0.702. The van der Waals surface area contributed by atoms with Crippen molar-refractivity contribution in [3.63, 3.8) is 0 Å². The summed E-state index contributed by atoms with van der Waals surface area (Å²) in [5.74, 6) is -1.97. The molecule has 0 bridgehead atoms. The average Bonchev–Trinajstić information content (AvgIpc) is 1.93. The van der Waals surface area contributed by atoms with E-state index in [1.165, 1.54) is 6.92 Å². The summed E-state index contributed by atoms with van der Waals surface area (Å²) < 4.78 is 31.0. The fourth-order valence-electron chi connectivity index (χ4n) is 1.32. The van der Waals surface area contributed by atoms with E-state index in [1.807, 2.05) is 0 Å². The summed E-state index contributed by atoms with van der Waals surface area (Å²) in [6, 6.07) is 0. The first-order valence-corrected chi connectivity index (χ1v) is 8.37. The minimum absolute atomic E-state index is 0.0519. The summed E-state index contributed by atoms with van der Waals surface area (Å²) >= 11 is -5.12. The average molecular weight is 345 g/mol. The Balaban J connectivity index is 0. The van der Waals surface area contributed by atoms with Crippen LogP contribution >= 0.6 is 0 Å². The number of ketones is 1. The van der Waals surface area contributed by atoms with E-state index in [-0.39, 0.29) is 6.54 Å². The number of carbonyl (C=O) groups is 2. The molecular formula is C9H20AsNO8. The number of aliphatic carboxylic acids is 1. The molecule has 0 saturated heterocycles. The monoisotopic (exact) mass is 345 g/mol. The first-order chi connectivity index (χ1) is 8.07. The number of Topliss-reactive ketones (excluding diaryl/α,β-unsaturated/α-hetero) is 1. The van der Waals surface area contributed by atoms with Crippen LogP contribution in [0.15, 0.2) is 0 Å². The molecule has 0 aliphatic rings. The van der Waals surface area contributed by atoms with Gasteiger partial charge in [0.25, 0.3) is 0 Å². The zero-order valence-electron chi connectivity index (χ0n) is 11.2. The molecule has 0 aromatic carbocycles.